The van der Waals surface area contributed by atoms with Gasteiger partial charge in [-0.05, 0) is 6.07 Å². The molecule has 8 heteroatoms. The first-order valence-electron chi connectivity index (χ1n) is 6.36. The van der Waals surface area contributed by atoms with Crippen molar-refractivity contribution >= 4 is 12.4 Å². The molecule has 120 valence electrons. The first-order valence-corrected chi connectivity index (χ1v) is 6.36. The maximum absolute atomic E-state index is 13.8. The summed E-state index contributed by atoms with van der Waals surface area (Å²) < 4.78 is 65.7. The third-order valence-corrected chi connectivity index (χ3v) is 3.37. The van der Waals surface area contributed by atoms with Crippen LogP contribution in [0.3, 0.4) is 0 Å². The van der Waals surface area contributed by atoms with Crippen LogP contribution in [0.1, 0.15) is 18.0 Å². The van der Waals surface area contributed by atoms with Crippen LogP contribution < -0.4 is 5.32 Å². The highest BCUT2D eigenvalue weighted by Crippen LogP contribution is 2.31. The molecule has 0 aromatic heterocycles. The van der Waals surface area contributed by atoms with Gasteiger partial charge in [-0.3, -0.25) is 4.90 Å². The van der Waals surface area contributed by atoms with Crippen molar-refractivity contribution in [1.82, 2.24) is 10.2 Å². The summed E-state index contributed by atoms with van der Waals surface area (Å²) in [6.45, 7) is 1.99. The van der Waals surface area contributed by atoms with Crippen molar-refractivity contribution in [2.24, 2.45) is 0 Å². The molecule has 1 saturated heterocycles. The fourth-order valence-electron chi connectivity index (χ4n) is 2.45. The first-order chi connectivity index (χ1) is 9.49. The Kier molecular flexibility index (Phi) is 6.83. The molecule has 0 spiro atoms. The summed E-state index contributed by atoms with van der Waals surface area (Å²) in [5.41, 5.74) is -0.343. The van der Waals surface area contributed by atoms with Crippen LogP contribution in [0.2, 0.25) is 0 Å². The second-order valence-corrected chi connectivity index (χ2v) is 4.72. The van der Waals surface area contributed by atoms with E-state index in [0.29, 0.717) is 32.2 Å². The lowest BCUT2D eigenvalue weighted by molar-refractivity contribution is 0.0720. The topological polar surface area (TPSA) is 15.3 Å². The predicted octanol–water partition coefficient (Wildman–Crippen LogP) is 3.13. The van der Waals surface area contributed by atoms with E-state index in [1.54, 1.807) is 4.90 Å². The number of hydrogen-bond donors (Lipinski definition) is 1. The molecular formula is C13H16ClF5N2. The molecule has 0 aliphatic carbocycles. The van der Waals surface area contributed by atoms with Crippen molar-refractivity contribution in [3.8, 4) is 0 Å². The standard InChI is InChI=1S/C13H15F5N2.ClH/c14-8-5-9(13(18)10(15)6-8)11(7-12(16)17)20-3-1-19-2-4-20;/h5-6,11-12,19H,1-4,7H2;1H/t11-;/m1./s1. The Morgan fingerprint density at radius 1 is 1.10 bits per heavy atom. The van der Waals surface area contributed by atoms with Gasteiger partial charge in [0.1, 0.15) is 5.82 Å². The lowest BCUT2D eigenvalue weighted by Gasteiger charge is -2.35. The molecule has 0 radical (unpaired) electrons. The van der Waals surface area contributed by atoms with Crippen molar-refractivity contribution in [2.45, 2.75) is 18.9 Å². The second-order valence-electron chi connectivity index (χ2n) is 4.72. The van der Waals surface area contributed by atoms with Crippen molar-refractivity contribution in [3.05, 3.63) is 35.1 Å². The van der Waals surface area contributed by atoms with Crippen LogP contribution in [0.25, 0.3) is 0 Å². The summed E-state index contributed by atoms with van der Waals surface area (Å²) in [6, 6.07) is 0.186. The number of hydrogen-bond acceptors (Lipinski definition) is 2. The van der Waals surface area contributed by atoms with Gasteiger partial charge in [0.25, 0.3) is 0 Å². The highest BCUT2D eigenvalue weighted by Gasteiger charge is 2.29. The Morgan fingerprint density at radius 2 is 1.71 bits per heavy atom. The van der Waals surface area contributed by atoms with Gasteiger partial charge < -0.3 is 5.32 Å². The van der Waals surface area contributed by atoms with Crippen LogP contribution in [-0.2, 0) is 0 Å². The van der Waals surface area contributed by atoms with Crippen molar-refractivity contribution < 1.29 is 22.0 Å². The fraction of sp³-hybridized carbons (Fsp3) is 0.538. The molecular weight excluding hydrogens is 315 g/mol. The lowest BCUT2D eigenvalue weighted by Crippen LogP contribution is -2.45. The van der Waals surface area contributed by atoms with Crippen LogP contribution >= 0.6 is 12.4 Å². The minimum atomic E-state index is -2.68. The van der Waals surface area contributed by atoms with Crippen LogP contribution in [0.4, 0.5) is 22.0 Å². The Balaban J connectivity index is 0.00000220. The average molecular weight is 331 g/mol. The number of nitrogens with one attached hydrogen (secondary N) is 1. The zero-order valence-corrected chi connectivity index (χ0v) is 11.9. The molecule has 0 amide bonds. The molecule has 2 nitrogen and oxygen atoms in total. The summed E-state index contributed by atoms with van der Waals surface area (Å²) in [5.74, 6) is -3.57. The molecule has 1 aromatic rings. The normalized spacial score (nSPS) is 17.6. The summed E-state index contributed by atoms with van der Waals surface area (Å²) in [6.07, 6.45) is -3.33. The van der Waals surface area contributed by atoms with E-state index in [0.717, 1.165) is 6.07 Å². The number of benzene rings is 1. The third-order valence-electron chi connectivity index (χ3n) is 3.37. The fourth-order valence-corrected chi connectivity index (χ4v) is 2.45. The second kappa shape index (κ2) is 7.91. The quantitative estimate of drug-likeness (QED) is 0.674. The smallest absolute Gasteiger partial charge is 0.240 e. The highest BCUT2D eigenvalue weighted by atomic mass is 35.5. The van der Waals surface area contributed by atoms with Crippen LogP contribution in [-0.4, -0.2) is 37.5 Å². The molecule has 0 bridgehead atoms. The van der Waals surface area contributed by atoms with E-state index in [1.807, 2.05) is 0 Å². The number of alkyl halides is 2. The Hall–Kier alpha value is -0.920. The van der Waals surface area contributed by atoms with Crippen molar-refractivity contribution in [1.29, 1.82) is 0 Å². The van der Waals surface area contributed by atoms with Gasteiger partial charge in [0, 0.05) is 50.3 Å². The summed E-state index contributed by atoms with van der Waals surface area (Å²) in [7, 11) is 0. The van der Waals surface area contributed by atoms with Gasteiger partial charge in [0.05, 0.1) is 0 Å². The molecule has 1 atom stereocenters. The maximum Gasteiger partial charge on any atom is 0.240 e. The SMILES string of the molecule is Cl.Fc1cc(F)c(F)c([C@@H](CC(F)F)N2CCNCC2)c1. The Morgan fingerprint density at radius 3 is 2.29 bits per heavy atom. The van der Waals surface area contributed by atoms with Crippen molar-refractivity contribution in [2.75, 3.05) is 26.2 Å². The van der Waals surface area contributed by atoms with Crippen LogP contribution in [0.5, 0.6) is 0 Å². The van der Waals surface area contributed by atoms with Gasteiger partial charge >= 0.3 is 0 Å². The van der Waals surface area contributed by atoms with Crippen LogP contribution in [0, 0.1) is 17.5 Å². The van der Waals surface area contributed by atoms with E-state index in [2.05, 4.69) is 5.32 Å². The van der Waals surface area contributed by atoms with E-state index >= 15 is 0 Å². The van der Waals surface area contributed by atoms with Crippen LogP contribution in [0.15, 0.2) is 12.1 Å². The van der Waals surface area contributed by atoms with Gasteiger partial charge in [-0.1, -0.05) is 0 Å². The maximum atomic E-state index is 13.8. The molecule has 1 N–H and O–H groups in total. The zero-order chi connectivity index (χ0) is 14.7. The van der Waals surface area contributed by atoms with E-state index in [1.165, 1.54) is 0 Å². The number of piperazine rings is 1. The highest BCUT2D eigenvalue weighted by molar-refractivity contribution is 5.85. The third kappa shape index (κ3) is 4.52. The van der Waals surface area contributed by atoms with Gasteiger partial charge in [0.2, 0.25) is 6.43 Å². The Bertz CT molecular complexity index is 466. The number of halogens is 6. The van der Waals surface area contributed by atoms with E-state index in [4.69, 9.17) is 0 Å². The molecule has 1 heterocycles. The predicted molar refractivity (Wildman–Crippen MR) is 71.4 cm³/mol. The van der Waals surface area contributed by atoms with Gasteiger partial charge in [0.15, 0.2) is 11.6 Å². The monoisotopic (exact) mass is 330 g/mol. The largest absolute Gasteiger partial charge is 0.314 e. The van der Waals surface area contributed by atoms with Gasteiger partial charge in [-0.15, -0.1) is 12.4 Å². The molecule has 1 aliphatic heterocycles. The number of rotatable bonds is 4. The molecule has 1 aromatic carbocycles. The zero-order valence-electron chi connectivity index (χ0n) is 11.1. The van der Waals surface area contributed by atoms with Gasteiger partial charge in [-0.25, -0.2) is 22.0 Å². The average Bonchev–Trinajstić information content (AvgIpc) is 2.41. The molecule has 21 heavy (non-hydrogen) atoms. The lowest BCUT2D eigenvalue weighted by atomic mass is 10.00. The Labute approximate surface area is 125 Å². The molecule has 0 saturated carbocycles. The minimum Gasteiger partial charge on any atom is -0.314 e. The molecule has 1 aliphatic rings. The van der Waals surface area contributed by atoms with E-state index in [9.17, 15) is 22.0 Å². The van der Waals surface area contributed by atoms with E-state index in [-0.39, 0.29) is 18.0 Å². The minimum absolute atomic E-state index is 0. The first kappa shape index (κ1) is 18.1. The van der Waals surface area contributed by atoms with Crippen molar-refractivity contribution in [3.63, 3.8) is 0 Å². The van der Waals surface area contributed by atoms with Gasteiger partial charge in [-0.2, -0.15) is 0 Å². The molecule has 0 unspecified atom stereocenters. The summed E-state index contributed by atoms with van der Waals surface area (Å²) in [5, 5.41) is 3.04. The molecule has 2 rings (SSSR count). The summed E-state index contributed by atoms with van der Waals surface area (Å²) >= 11 is 0. The van der Waals surface area contributed by atoms with E-state index < -0.39 is 36.3 Å². The molecule has 1 fully saturated rings. The summed E-state index contributed by atoms with van der Waals surface area (Å²) in [4.78, 5) is 1.62. The number of nitrogens with zero attached hydrogens (tertiary/aromatic N) is 1.